The summed E-state index contributed by atoms with van der Waals surface area (Å²) in [6.07, 6.45) is 2.31. The van der Waals surface area contributed by atoms with Crippen LogP contribution < -0.4 is 26.4 Å². The van der Waals surface area contributed by atoms with Gasteiger partial charge in [-0.25, -0.2) is 0 Å². The molecule has 2 aliphatic heterocycles. The van der Waals surface area contributed by atoms with Crippen LogP contribution in [0.25, 0.3) is 22.1 Å². The first-order chi connectivity index (χ1) is 28.3. The van der Waals surface area contributed by atoms with Gasteiger partial charge in [0.2, 0.25) is 0 Å². The number of nitrogens with zero attached hydrogens (tertiary/aromatic N) is 2. The second-order valence-electron chi connectivity index (χ2n) is 21.5. The van der Waals surface area contributed by atoms with E-state index >= 15 is 0 Å². The van der Waals surface area contributed by atoms with E-state index in [9.17, 15) is 0 Å². The molecule has 60 heavy (non-hydrogen) atoms. The quantitative estimate of drug-likeness (QED) is 0.166. The Bertz CT molecular complexity index is 2860. The van der Waals surface area contributed by atoms with Crippen LogP contribution in [0.15, 0.2) is 120 Å². The summed E-state index contributed by atoms with van der Waals surface area (Å²) in [5.74, 6) is 0. The highest BCUT2D eigenvalue weighted by atomic mass is 16.3. The summed E-state index contributed by atoms with van der Waals surface area (Å²) in [7, 11) is 0. The summed E-state index contributed by atoms with van der Waals surface area (Å²) in [6, 6.07) is 44.1. The number of hydrogen-bond acceptors (Lipinski definition) is 3. The van der Waals surface area contributed by atoms with E-state index in [2.05, 4.69) is 208 Å². The molecule has 0 amide bonds. The molecule has 4 heteroatoms. The van der Waals surface area contributed by atoms with Crippen LogP contribution in [-0.2, 0) is 21.7 Å². The number of benzene rings is 6. The molecule has 3 nitrogen and oxygen atoms in total. The fraction of sp³-hybridized carbons (Fsp3) is 0.321. The number of aryl methyl sites for hydroxylation is 2. The summed E-state index contributed by atoms with van der Waals surface area (Å²) >= 11 is 0. The third-order valence-corrected chi connectivity index (χ3v) is 14.2. The fourth-order valence-electron chi connectivity index (χ4n) is 10.4. The van der Waals surface area contributed by atoms with Crippen molar-refractivity contribution in [3.05, 3.63) is 149 Å². The highest BCUT2D eigenvalue weighted by Crippen LogP contribution is 2.52. The number of hydrogen-bond donors (Lipinski definition) is 0. The van der Waals surface area contributed by atoms with Crippen molar-refractivity contribution in [2.24, 2.45) is 0 Å². The normalized spacial score (nSPS) is 16.4. The minimum Gasteiger partial charge on any atom is -0.468 e. The third kappa shape index (κ3) is 5.92. The van der Waals surface area contributed by atoms with Gasteiger partial charge >= 0.3 is 0 Å². The molecule has 1 aliphatic carbocycles. The monoisotopic (exact) mass is 786 g/mol. The molecular formula is C56H59BN2O. The summed E-state index contributed by atoms with van der Waals surface area (Å²) in [6.45, 7) is 28.0. The molecule has 0 fully saturated rings. The summed E-state index contributed by atoms with van der Waals surface area (Å²) in [4.78, 5) is 5.11. The van der Waals surface area contributed by atoms with Crippen molar-refractivity contribution in [3.8, 4) is 11.1 Å². The third-order valence-electron chi connectivity index (χ3n) is 14.2. The summed E-state index contributed by atoms with van der Waals surface area (Å²) < 4.78 is 7.52. The van der Waals surface area contributed by atoms with Crippen molar-refractivity contribution in [2.45, 2.75) is 118 Å². The molecule has 0 N–H and O–H groups in total. The molecule has 0 radical (unpaired) electrons. The van der Waals surface area contributed by atoms with Gasteiger partial charge in [0.1, 0.15) is 5.58 Å². The average molecular weight is 787 g/mol. The number of anilines is 6. The van der Waals surface area contributed by atoms with E-state index in [1.54, 1.807) is 0 Å². The topological polar surface area (TPSA) is 19.6 Å². The van der Waals surface area contributed by atoms with Crippen LogP contribution in [0.1, 0.15) is 115 Å². The molecule has 0 unspecified atom stereocenters. The molecule has 6 aromatic carbocycles. The molecule has 1 aromatic heterocycles. The number of fused-ring (bicyclic) bond motifs is 7. The summed E-state index contributed by atoms with van der Waals surface area (Å²) in [5.41, 5.74) is 22.3. The Morgan fingerprint density at radius 2 is 1.18 bits per heavy atom. The van der Waals surface area contributed by atoms with Crippen LogP contribution in [-0.4, -0.2) is 6.71 Å². The van der Waals surface area contributed by atoms with Crippen molar-refractivity contribution in [3.63, 3.8) is 0 Å². The van der Waals surface area contributed by atoms with Gasteiger partial charge in [0, 0.05) is 33.8 Å². The van der Waals surface area contributed by atoms with Crippen LogP contribution in [0.5, 0.6) is 0 Å². The van der Waals surface area contributed by atoms with Crippen LogP contribution in [0.2, 0.25) is 0 Å². The lowest BCUT2D eigenvalue weighted by molar-refractivity contribution is 0.332. The smallest absolute Gasteiger partial charge is 0.297 e. The van der Waals surface area contributed by atoms with Crippen molar-refractivity contribution >= 4 is 68.4 Å². The Morgan fingerprint density at radius 1 is 0.567 bits per heavy atom. The lowest BCUT2D eigenvalue weighted by Gasteiger charge is -2.43. The molecule has 0 saturated carbocycles. The zero-order valence-electron chi connectivity index (χ0n) is 37.8. The predicted octanol–water partition coefficient (Wildman–Crippen LogP) is 13.7. The van der Waals surface area contributed by atoms with Gasteiger partial charge in [0.05, 0.1) is 11.3 Å². The maximum atomic E-state index is 7.52. The summed E-state index contributed by atoms with van der Waals surface area (Å²) in [5, 5.41) is 1.20. The maximum absolute atomic E-state index is 7.52. The van der Waals surface area contributed by atoms with E-state index in [0.717, 1.165) is 24.1 Å². The Balaban J connectivity index is 1.33. The van der Waals surface area contributed by atoms with Crippen molar-refractivity contribution in [1.82, 2.24) is 0 Å². The molecular weight excluding hydrogens is 727 g/mol. The van der Waals surface area contributed by atoms with Crippen molar-refractivity contribution in [2.75, 3.05) is 9.80 Å². The van der Waals surface area contributed by atoms with E-state index in [-0.39, 0.29) is 28.4 Å². The van der Waals surface area contributed by atoms with Gasteiger partial charge in [-0.05, 0) is 152 Å². The first kappa shape index (κ1) is 38.7. The van der Waals surface area contributed by atoms with E-state index < -0.39 is 0 Å². The van der Waals surface area contributed by atoms with Crippen molar-refractivity contribution in [1.29, 1.82) is 0 Å². The van der Waals surface area contributed by atoms with E-state index in [1.807, 2.05) is 0 Å². The minimum absolute atomic E-state index is 0.0345. The zero-order valence-corrected chi connectivity index (χ0v) is 37.8. The van der Waals surface area contributed by atoms with Gasteiger partial charge in [0.25, 0.3) is 6.71 Å². The molecule has 10 rings (SSSR count). The van der Waals surface area contributed by atoms with E-state index in [0.29, 0.717) is 0 Å². The zero-order chi connectivity index (χ0) is 42.3. The molecule has 3 aliphatic rings. The second kappa shape index (κ2) is 13.0. The Labute approximate surface area is 358 Å². The Morgan fingerprint density at radius 3 is 1.83 bits per heavy atom. The molecule has 0 bridgehead atoms. The maximum Gasteiger partial charge on any atom is 0.297 e. The van der Waals surface area contributed by atoms with E-state index in [4.69, 9.17) is 4.42 Å². The second-order valence-corrected chi connectivity index (χ2v) is 21.5. The lowest BCUT2D eigenvalue weighted by Crippen LogP contribution is -2.61. The fourth-order valence-corrected chi connectivity index (χ4v) is 10.4. The Hall–Kier alpha value is -5.48. The molecule has 7 aromatic rings. The standard InChI is InChI=1S/C56H59BN2O/c1-34-28-47-50-48(29-34)59(46-30-37(19-18-35(46)2)36-16-14-13-15-17-36)51-41-32-42-43(56(11,12)27-26-55(42,9)10)33-49(41)60-52(51)57(50)44-31-39(54(6,7)8)22-25-45(44)58(47)40-23-20-38(21-24-40)53(3,4)5/h13-25,28-33H,26-27H2,1-12H3. The first-order valence-electron chi connectivity index (χ1n) is 22.1. The Kier molecular flexibility index (Phi) is 8.40. The van der Waals surface area contributed by atoms with E-state index in [1.165, 1.54) is 94.9 Å². The SMILES string of the molecule is Cc1cc2c3c(c1)N(c1cc(-c4ccccc4)ccc1C)c1c(oc4cc5c(cc14)C(C)(C)CCC5(C)C)B3c1cc(C(C)(C)C)ccc1N2c1ccc(C(C)(C)C)cc1. The lowest BCUT2D eigenvalue weighted by atomic mass is 9.35. The van der Waals surface area contributed by atoms with Gasteiger partial charge < -0.3 is 14.2 Å². The number of furan rings is 1. The van der Waals surface area contributed by atoms with Gasteiger partial charge in [-0.2, -0.15) is 0 Å². The van der Waals surface area contributed by atoms with Crippen LogP contribution in [0.4, 0.5) is 34.1 Å². The average Bonchev–Trinajstić information content (AvgIpc) is 3.57. The van der Waals surface area contributed by atoms with Gasteiger partial charge in [-0.15, -0.1) is 0 Å². The predicted molar refractivity (Wildman–Crippen MR) is 258 cm³/mol. The highest BCUT2D eigenvalue weighted by Gasteiger charge is 2.48. The van der Waals surface area contributed by atoms with Crippen LogP contribution >= 0.6 is 0 Å². The molecule has 0 saturated heterocycles. The largest absolute Gasteiger partial charge is 0.468 e. The molecule has 0 atom stereocenters. The van der Waals surface area contributed by atoms with Gasteiger partial charge in [-0.3, -0.25) is 0 Å². The van der Waals surface area contributed by atoms with Crippen LogP contribution in [0.3, 0.4) is 0 Å². The molecule has 3 heterocycles. The molecule has 0 spiro atoms. The first-order valence-corrected chi connectivity index (χ1v) is 22.1. The number of rotatable bonds is 3. The van der Waals surface area contributed by atoms with Gasteiger partial charge in [0.15, 0.2) is 0 Å². The van der Waals surface area contributed by atoms with Crippen molar-refractivity contribution < 1.29 is 4.42 Å². The van der Waals surface area contributed by atoms with Gasteiger partial charge in [-0.1, -0.05) is 136 Å². The van der Waals surface area contributed by atoms with Crippen LogP contribution in [0, 0.1) is 13.8 Å². The minimum atomic E-state index is -0.104. The highest BCUT2D eigenvalue weighted by molar-refractivity contribution is 7.00. The molecule has 302 valence electrons.